The molecular formula is C15H19IN2OS. The van der Waals surface area contributed by atoms with Gasteiger partial charge >= 0.3 is 0 Å². The number of carbonyl (C=O) groups is 1. The monoisotopic (exact) mass is 402 g/mol. The minimum absolute atomic E-state index is 0.0535. The van der Waals surface area contributed by atoms with E-state index in [0.717, 1.165) is 27.5 Å². The van der Waals surface area contributed by atoms with Crippen molar-refractivity contribution in [3.05, 3.63) is 32.9 Å². The van der Waals surface area contributed by atoms with Crippen LogP contribution in [0.5, 0.6) is 0 Å². The third-order valence-corrected chi connectivity index (χ3v) is 5.34. The Bertz CT molecular complexity index is 527. The summed E-state index contributed by atoms with van der Waals surface area (Å²) in [6, 6.07) is 6.11. The summed E-state index contributed by atoms with van der Waals surface area (Å²) in [6.07, 6.45) is 4.46. The maximum atomic E-state index is 12.8. The molecule has 0 aromatic heterocycles. The van der Waals surface area contributed by atoms with E-state index in [1.165, 1.54) is 12.8 Å². The number of hydrogen-bond donors (Lipinski definition) is 1. The maximum Gasteiger partial charge on any atom is 0.255 e. The Morgan fingerprint density at radius 2 is 2.10 bits per heavy atom. The zero-order valence-corrected chi connectivity index (χ0v) is 14.5. The third kappa shape index (κ3) is 3.49. The van der Waals surface area contributed by atoms with Crippen molar-refractivity contribution in [1.82, 2.24) is 4.90 Å². The molecule has 5 heteroatoms. The number of benzene rings is 1. The number of hydrogen-bond acceptors (Lipinski definition) is 2. The quantitative estimate of drug-likeness (QED) is 0.621. The molecule has 0 spiro atoms. The molecule has 0 unspecified atom stereocenters. The topological polar surface area (TPSA) is 46.3 Å². The first-order valence-electron chi connectivity index (χ1n) is 6.85. The standard InChI is InChI=1S/C15H19IN2OS/c1-10-5-4-8-12(14(10)16)15(19)18(9-13(17)20)11-6-2-3-7-11/h4-5,8,11H,2-3,6-7,9H2,1H3,(H2,17,20). The van der Waals surface area contributed by atoms with E-state index in [1.807, 2.05) is 30.0 Å². The molecule has 2 rings (SSSR count). The van der Waals surface area contributed by atoms with E-state index in [2.05, 4.69) is 22.6 Å². The molecule has 0 atom stereocenters. The highest BCUT2D eigenvalue weighted by atomic mass is 127. The minimum Gasteiger partial charge on any atom is -0.392 e. The molecule has 1 aliphatic carbocycles. The van der Waals surface area contributed by atoms with Gasteiger partial charge in [-0.15, -0.1) is 0 Å². The average Bonchev–Trinajstić information content (AvgIpc) is 2.92. The van der Waals surface area contributed by atoms with Crippen LogP contribution in [0.4, 0.5) is 0 Å². The largest absolute Gasteiger partial charge is 0.392 e. The Morgan fingerprint density at radius 3 is 2.70 bits per heavy atom. The molecule has 0 saturated heterocycles. The first-order chi connectivity index (χ1) is 9.50. The van der Waals surface area contributed by atoms with E-state index in [4.69, 9.17) is 18.0 Å². The normalized spacial score (nSPS) is 15.3. The van der Waals surface area contributed by atoms with Crippen molar-refractivity contribution < 1.29 is 4.79 Å². The molecule has 1 saturated carbocycles. The van der Waals surface area contributed by atoms with Crippen LogP contribution in [0.2, 0.25) is 0 Å². The van der Waals surface area contributed by atoms with Crippen LogP contribution in [-0.2, 0) is 0 Å². The highest BCUT2D eigenvalue weighted by Gasteiger charge is 2.28. The molecule has 1 aromatic rings. The predicted octanol–water partition coefficient (Wildman–Crippen LogP) is 3.27. The van der Waals surface area contributed by atoms with Crippen LogP contribution < -0.4 is 5.73 Å². The molecular weight excluding hydrogens is 383 g/mol. The Hall–Kier alpha value is -0.690. The lowest BCUT2D eigenvalue weighted by atomic mass is 10.1. The molecule has 1 aromatic carbocycles. The first kappa shape index (κ1) is 15.7. The summed E-state index contributed by atoms with van der Waals surface area (Å²) in [4.78, 5) is 15.1. The van der Waals surface area contributed by atoms with Crippen molar-refractivity contribution in [3.8, 4) is 0 Å². The summed E-state index contributed by atoms with van der Waals surface area (Å²) in [7, 11) is 0. The number of nitrogens with zero attached hydrogens (tertiary/aromatic N) is 1. The smallest absolute Gasteiger partial charge is 0.255 e. The number of carbonyl (C=O) groups excluding carboxylic acids is 1. The molecule has 1 aliphatic rings. The SMILES string of the molecule is Cc1cccc(C(=O)N(CC(N)=S)C2CCCC2)c1I. The summed E-state index contributed by atoms with van der Waals surface area (Å²) in [5.74, 6) is 0.0535. The molecule has 0 aliphatic heterocycles. The van der Waals surface area contributed by atoms with E-state index in [9.17, 15) is 4.79 Å². The zero-order valence-electron chi connectivity index (χ0n) is 11.6. The molecule has 20 heavy (non-hydrogen) atoms. The molecule has 0 bridgehead atoms. The molecule has 2 N–H and O–H groups in total. The molecule has 3 nitrogen and oxygen atoms in total. The molecule has 1 fully saturated rings. The Labute approximate surface area is 139 Å². The summed E-state index contributed by atoms with van der Waals surface area (Å²) < 4.78 is 1.01. The van der Waals surface area contributed by atoms with Gasteiger partial charge < -0.3 is 10.6 Å². The van der Waals surface area contributed by atoms with Crippen LogP contribution in [0.15, 0.2) is 18.2 Å². The van der Waals surface area contributed by atoms with Crippen molar-refractivity contribution in [2.45, 2.75) is 38.6 Å². The van der Waals surface area contributed by atoms with Gasteiger partial charge in [-0.2, -0.15) is 0 Å². The third-order valence-electron chi connectivity index (χ3n) is 3.77. The molecule has 1 amide bonds. The lowest BCUT2D eigenvalue weighted by Gasteiger charge is -2.29. The Balaban J connectivity index is 2.29. The number of rotatable bonds is 4. The van der Waals surface area contributed by atoms with Crippen molar-refractivity contribution in [2.24, 2.45) is 5.73 Å². The van der Waals surface area contributed by atoms with E-state index in [0.29, 0.717) is 11.5 Å². The number of aryl methyl sites for hydroxylation is 1. The number of amides is 1. The molecule has 0 radical (unpaired) electrons. The summed E-state index contributed by atoms with van der Waals surface area (Å²) in [5, 5.41) is 0. The van der Waals surface area contributed by atoms with Crippen LogP contribution in [0.25, 0.3) is 0 Å². The van der Waals surface area contributed by atoms with Crippen LogP contribution in [-0.4, -0.2) is 28.4 Å². The van der Waals surface area contributed by atoms with Crippen molar-refractivity contribution in [2.75, 3.05) is 6.54 Å². The van der Waals surface area contributed by atoms with E-state index >= 15 is 0 Å². The van der Waals surface area contributed by atoms with Crippen LogP contribution in [0.1, 0.15) is 41.6 Å². The minimum atomic E-state index is 0.0535. The van der Waals surface area contributed by atoms with Crippen molar-refractivity contribution in [1.29, 1.82) is 0 Å². The van der Waals surface area contributed by atoms with Gasteiger partial charge in [0.15, 0.2) is 0 Å². The van der Waals surface area contributed by atoms with Gasteiger partial charge in [-0.3, -0.25) is 4.79 Å². The van der Waals surface area contributed by atoms with Gasteiger partial charge in [0.2, 0.25) is 0 Å². The molecule has 108 valence electrons. The number of nitrogens with two attached hydrogens (primary N) is 1. The van der Waals surface area contributed by atoms with E-state index in [1.54, 1.807) is 0 Å². The fraction of sp³-hybridized carbons (Fsp3) is 0.467. The maximum absolute atomic E-state index is 12.8. The Morgan fingerprint density at radius 1 is 1.45 bits per heavy atom. The van der Waals surface area contributed by atoms with Crippen LogP contribution >= 0.6 is 34.8 Å². The Kier molecular flexibility index (Phi) is 5.37. The van der Waals surface area contributed by atoms with Gasteiger partial charge in [0.1, 0.15) is 0 Å². The van der Waals surface area contributed by atoms with Gasteiger partial charge in [0.05, 0.1) is 17.1 Å². The lowest BCUT2D eigenvalue weighted by Crippen LogP contribution is -2.43. The van der Waals surface area contributed by atoms with Crippen molar-refractivity contribution in [3.63, 3.8) is 0 Å². The fourth-order valence-electron chi connectivity index (χ4n) is 2.72. The highest BCUT2D eigenvalue weighted by molar-refractivity contribution is 14.1. The fourth-order valence-corrected chi connectivity index (χ4v) is 3.45. The zero-order chi connectivity index (χ0) is 14.7. The second-order valence-electron chi connectivity index (χ2n) is 5.27. The summed E-state index contributed by atoms with van der Waals surface area (Å²) >= 11 is 7.26. The highest BCUT2D eigenvalue weighted by Crippen LogP contribution is 2.26. The lowest BCUT2D eigenvalue weighted by molar-refractivity contribution is 0.0713. The second-order valence-corrected chi connectivity index (χ2v) is 6.88. The van der Waals surface area contributed by atoms with Gasteiger partial charge in [-0.25, -0.2) is 0 Å². The van der Waals surface area contributed by atoms with Crippen LogP contribution in [0.3, 0.4) is 0 Å². The van der Waals surface area contributed by atoms with Crippen LogP contribution in [0, 0.1) is 10.5 Å². The van der Waals surface area contributed by atoms with Gasteiger partial charge in [0, 0.05) is 9.61 Å². The first-order valence-corrected chi connectivity index (χ1v) is 8.34. The van der Waals surface area contributed by atoms with Gasteiger partial charge in [-0.05, 0) is 54.0 Å². The van der Waals surface area contributed by atoms with Crippen molar-refractivity contribution >= 4 is 45.7 Å². The van der Waals surface area contributed by atoms with E-state index in [-0.39, 0.29) is 11.9 Å². The second kappa shape index (κ2) is 6.85. The number of halogens is 1. The predicted molar refractivity (Wildman–Crippen MR) is 94.0 cm³/mol. The average molecular weight is 402 g/mol. The number of thiocarbonyl (C=S) groups is 1. The van der Waals surface area contributed by atoms with Gasteiger partial charge in [0.25, 0.3) is 5.91 Å². The summed E-state index contributed by atoms with van der Waals surface area (Å²) in [5.41, 5.74) is 7.56. The van der Waals surface area contributed by atoms with E-state index < -0.39 is 0 Å². The molecule has 0 heterocycles. The van der Waals surface area contributed by atoms with Gasteiger partial charge in [-0.1, -0.05) is 37.2 Å². The summed E-state index contributed by atoms with van der Waals surface area (Å²) in [6.45, 7) is 2.40.